The van der Waals surface area contributed by atoms with Crippen LogP contribution >= 0.6 is 0 Å². The van der Waals surface area contributed by atoms with Gasteiger partial charge in [-0.15, -0.1) is 0 Å². The number of carbonyl (C=O) groups excluding carboxylic acids is 1. The van der Waals surface area contributed by atoms with Gasteiger partial charge in [-0.05, 0) is 54.4 Å². The average molecular weight is 489 g/mol. The minimum atomic E-state index is -0.464. The van der Waals surface area contributed by atoms with Crippen LogP contribution in [0.3, 0.4) is 0 Å². The molecule has 3 aromatic carbocycles. The van der Waals surface area contributed by atoms with Crippen LogP contribution in [0.2, 0.25) is 0 Å². The fourth-order valence-corrected chi connectivity index (χ4v) is 4.93. The quantitative estimate of drug-likeness (QED) is 0.494. The SMILES string of the molecule is CN(C)c1ccc2c(c1)[C@H]1C[C@H](CC(=O)NCc3ccc(Oc4ccccc4)cc3)O[C@@H](CO)[C@H]1O2. The van der Waals surface area contributed by atoms with Crippen LogP contribution in [0.5, 0.6) is 17.2 Å². The van der Waals surface area contributed by atoms with Gasteiger partial charge < -0.3 is 29.5 Å². The Balaban J connectivity index is 1.17. The summed E-state index contributed by atoms with van der Waals surface area (Å²) in [6, 6.07) is 23.4. The minimum absolute atomic E-state index is 0.0825. The monoisotopic (exact) mass is 488 g/mol. The van der Waals surface area contributed by atoms with Crippen molar-refractivity contribution in [3.05, 3.63) is 83.9 Å². The van der Waals surface area contributed by atoms with E-state index in [4.69, 9.17) is 14.2 Å². The molecule has 0 aromatic heterocycles. The number of rotatable bonds is 8. The van der Waals surface area contributed by atoms with Gasteiger partial charge in [0.25, 0.3) is 0 Å². The third-order valence-electron chi connectivity index (χ3n) is 6.80. The van der Waals surface area contributed by atoms with Crippen molar-refractivity contribution >= 4 is 11.6 Å². The van der Waals surface area contributed by atoms with E-state index < -0.39 is 6.10 Å². The Kier molecular flexibility index (Phi) is 7.11. The number of fused-ring (bicyclic) bond motifs is 3. The van der Waals surface area contributed by atoms with E-state index in [-0.39, 0.29) is 37.1 Å². The summed E-state index contributed by atoms with van der Waals surface area (Å²) in [6.45, 7) is 0.274. The number of aliphatic hydroxyl groups is 1. The standard InChI is InChI=1S/C29H32N2O5/c1-31(2)20-10-13-26-24(14-20)25-15-23(35-27(18-32)29(25)36-26)16-28(33)30-17-19-8-11-22(12-9-19)34-21-6-4-3-5-7-21/h3-14,23,25,27,29,32H,15-18H2,1-2H3,(H,30,33)/t23-,25-,27+,29+/m1/s1. The second-order valence-corrected chi connectivity index (χ2v) is 9.56. The van der Waals surface area contributed by atoms with Crippen LogP contribution < -0.4 is 19.7 Å². The number of para-hydroxylation sites is 1. The summed E-state index contributed by atoms with van der Waals surface area (Å²) >= 11 is 0. The maximum absolute atomic E-state index is 12.8. The molecule has 1 amide bonds. The number of carbonyl (C=O) groups is 1. The first-order valence-electron chi connectivity index (χ1n) is 12.3. The highest BCUT2D eigenvalue weighted by Gasteiger charge is 2.46. The van der Waals surface area contributed by atoms with E-state index in [0.29, 0.717) is 13.0 Å². The van der Waals surface area contributed by atoms with E-state index in [9.17, 15) is 9.90 Å². The Morgan fingerprint density at radius 1 is 1.06 bits per heavy atom. The number of nitrogens with one attached hydrogen (secondary N) is 1. The molecule has 36 heavy (non-hydrogen) atoms. The summed E-state index contributed by atoms with van der Waals surface area (Å²) in [6.07, 6.45) is -0.0865. The molecule has 1 fully saturated rings. The molecule has 1 saturated heterocycles. The molecule has 0 radical (unpaired) electrons. The Morgan fingerprint density at radius 2 is 1.81 bits per heavy atom. The van der Waals surface area contributed by atoms with E-state index >= 15 is 0 Å². The number of hydrogen-bond donors (Lipinski definition) is 2. The van der Waals surface area contributed by atoms with Crippen LogP contribution in [0, 0.1) is 0 Å². The highest BCUT2D eigenvalue weighted by molar-refractivity contribution is 5.76. The summed E-state index contributed by atoms with van der Waals surface area (Å²) in [7, 11) is 4.01. The molecular formula is C29H32N2O5. The van der Waals surface area contributed by atoms with Crippen LogP contribution in [-0.2, 0) is 16.1 Å². The summed E-state index contributed by atoms with van der Waals surface area (Å²) in [5.41, 5.74) is 3.20. The molecule has 7 heteroatoms. The minimum Gasteiger partial charge on any atom is -0.487 e. The molecule has 0 spiro atoms. The normalized spacial score (nSPS) is 22.2. The van der Waals surface area contributed by atoms with Crippen LogP contribution in [-0.4, -0.2) is 50.0 Å². The number of aliphatic hydroxyl groups excluding tert-OH is 1. The Labute approximate surface area is 211 Å². The molecule has 4 atom stereocenters. The van der Waals surface area contributed by atoms with Gasteiger partial charge in [0.1, 0.15) is 29.5 Å². The Bertz CT molecular complexity index is 1180. The predicted octanol–water partition coefficient (Wildman–Crippen LogP) is 4.25. The van der Waals surface area contributed by atoms with Crippen molar-refractivity contribution in [1.82, 2.24) is 5.32 Å². The first-order valence-corrected chi connectivity index (χ1v) is 12.3. The fraction of sp³-hybridized carbons (Fsp3) is 0.345. The van der Waals surface area contributed by atoms with Gasteiger partial charge in [0.2, 0.25) is 5.91 Å². The van der Waals surface area contributed by atoms with Crippen LogP contribution in [0.25, 0.3) is 0 Å². The maximum Gasteiger partial charge on any atom is 0.222 e. The fourth-order valence-electron chi connectivity index (χ4n) is 4.93. The first kappa shape index (κ1) is 24.2. The lowest BCUT2D eigenvalue weighted by atomic mass is 9.84. The predicted molar refractivity (Wildman–Crippen MR) is 138 cm³/mol. The lowest BCUT2D eigenvalue weighted by molar-refractivity contribution is -0.142. The molecule has 0 unspecified atom stereocenters. The van der Waals surface area contributed by atoms with Crippen molar-refractivity contribution in [3.63, 3.8) is 0 Å². The van der Waals surface area contributed by atoms with Gasteiger partial charge >= 0.3 is 0 Å². The topological polar surface area (TPSA) is 80.3 Å². The Hall–Kier alpha value is -3.55. The third-order valence-corrected chi connectivity index (χ3v) is 6.80. The molecule has 0 saturated carbocycles. The number of anilines is 1. The zero-order valence-corrected chi connectivity index (χ0v) is 20.6. The summed E-state index contributed by atoms with van der Waals surface area (Å²) in [5.74, 6) is 2.36. The maximum atomic E-state index is 12.8. The Morgan fingerprint density at radius 3 is 2.53 bits per heavy atom. The smallest absolute Gasteiger partial charge is 0.222 e. The lowest BCUT2D eigenvalue weighted by Gasteiger charge is -2.37. The molecule has 0 bridgehead atoms. The van der Waals surface area contributed by atoms with Crippen LogP contribution in [0.15, 0.2) is 72.8 Å². The number of benzene rings is 3. The number of amides is 1. The van der Waals surface area contributed by atoms with Gasteiger partial charge in [0.05, 0.1) is 19.1 Å². The van der Waals surface area contributed by atoms with Crippen molar-refractivity contribution in [2.24, 2.45) is 0 Å². The number of ether oxygens (including phenoxy) is 3. The summed E-state index contributed by atoms with van der Waals surface area (Å²) < 4.78 is 18.1. The van der Waals surface area contributed by atoms with E-state index in [1.165, 1.54) is 0 Å². The van der Waals surface area contributed by atoms with Gasteiger partial charge in [-0.25, -0.2) is 0 Å². The van der Waals surface area contributed by atoms with E-state index in [1.807, 2.05) is 80.8 Å². The van der Waals surface area contributed by atoms with Gasteiger partial charge in [0.15, 0.2) is 0 Å². The second-order valence-electron chi connectivity index (χ2n) is 9.56. The zero-order chi connectivity index (χ0) is 25.1. The van der Waals surface area contributed by atoms with Gasteiger partial charge in [-0.2, -0.15) is 0 Å². The molecule has 5 rings (SSSR count). The number of nitrogens with zero attached hydrogens (tertiary/aromatic N) is 1. The number of hydrogen-bond acceptors (Lipinski definition) is 6. The van der Waals surface area contributed by atoms with Crippen molar-refractivity contribution in [3.8, 4) is 17.2 Å². The molecule has 7 nitrogen and oxygen atoms in total. The molecule has 2 aliphatic rings. The van der Waals surface area contributed by atoms with E-state index in [0.717, 1.165) is 34.1 Å². The largest absolute Gasteiger partial charge is 0.487 e. The van der Waals surface area contributed by atoms with Crippen LogP contribution in [0.1, 0.15) is 29.9 Å². The average Bonchev–Trinajstić information content (AvgIpc) is 3.26. The van der Waals surface area contributed by atoms with Gasteiger partial charge in [-0.3, -0.25) is 4.79 Å². The summed E-state index contributed by atoms with van der Waals surface area (Å²) in [4.78, 5) is 14.8. The first-order chi connectivity index (χ1) is 17.5. The molecular weight excluding hydrogens is 456 g/mol. The van der Waals surface area contributed by atoms with Crippen molar-refractivity contribution < 1.29 is 24.1 Å². The van der Waals surface area contributed by atoms with Crippen LogP contribution in [0.4, 0.5) is 5.69 Å². The van der Waals surface area contributed by atoms with Gasteiger partial charge in [0, 0.05) is 37.8 Å². The summed E-state index contributed by atoms with van der Waals surface area (Å²) in [5, 5.41) is 12.9. The van der Waals surface area contributed by atoms with Gasteiger partial charge in [-0.1, -0.05) is 30.3 Å². The second kappa shape index (κ2) is 10.6. The molecule has 0 aliphatic carbocycles. The lowest BCUT2D eigenvalue weighted by Crippen LogP contribution is -2.47. The van der Waals surface area contributed by atoms with Crippen molar-refractivity contribution in [2.75, 3.05) is 25.6 Å². The van der Waals surface area contributed by atoms with Crippen molar-refractivity contribution in [2.45, 2.75) is 43.6 Å². The van der Waals surface area contributed by atoms with E-state index in [2.05, 4.69) is 16.3 Å². The van der Waals surface area contributed by atoms with Crippen molar-refractivity contribution in [1.29, 1.82) is 0 Å². The molecule has 2 heterocycles. The molecule has 188 valence electrons. The third kappa shape index (κ3) is 5.32. The molecule has 2 aliphatic heterocycles. The zero-order valence-electron chi connectivity index (χ0n) is 20.6. The molecule has 3 aromatic rings. The highest BCUT2D eigenvalue weighted by Crippen LogP contribution is 2.47. The van der Waals surface area contributed by atoms with E-state index in [1.54, 1.807) is 0 Å². The molecule has 2 N–H and O–H groups in total. The highest BCUT2D eigenvalue weighted by atomic mass is 16.6.